The molecule has 0 aromatic heterocycles. The van der Waals surface area contributed by atoms with Gasteiger partial charge in [-0.3, -0.25) is 10.2 Å². The Balaban J connectivity index is 3.27. The molecule has 0 spiro atoms. The third kappa shape index (κ3) is 14.6. The van der Waals surface area contributed by atoms with Gasteiger partial charge in [0, 0.05) is 13.5 Å². The fourth-order valence-electron chi connectivity index (χ4n) is 1.78. The Kier molecular flexibility index (Phi) is 12.3. The lowest BCUT2D eigenvalue weighted by Crippen LogP contribution is -2.45. The highest BCUT2D eigenvalue weighted by atomic mass is 19.3. The number of urea groups is 1. The molecule has 0 heterocycles. The molecule has 0 bridgehead atoms. The Morgan fingerprint density at radius 1 is 0.905 bits per heavy atom. The maximum atomic E-state index is 11.7. The van der Waals surface area contributed by atoms with Crippen molar-refractivity contribution >= 4 is 11.9 Å². The normalized spacial score (nSPS) is 9.86. The van der Waals surface area contributed by atoms with E-state index in [-0.39, 0.29) is 5.91 Å². The topological polar surface area (TPSA) is 70.2 Å². The summed E-state index contributed by atoms with van der Waals surface area (Å²) in [5.41, 5.74) is 4.51. The fourth-order valence-corrected chi connectivity index (χ4v) is 1.78. The second-order valence-electron chi connectivity index (χ2n) is 4.76. The first-order valence-corrected chi connectivity index (χ1v) is 7.34. The van der Waals surface area contributed by atoms with E-state index in [1.807, 2.05) is 0 Å². The van der Waals surface area contributed by atoms with Crippen LogP contribution in [0.25, 0.3) is 0 Å². The molecule has 0 aromatic carbocycles. The number of carbonyl (C=O) groups excluding carboxylic acids is 2. The first-order valence-electron chi connectivity index (χ1n) is 7.34. The SMILES string of the molecule is CNC(=O)NNC(=O)CCCCCCCCCC=C(F)F. The summed E-state index contributed by atoms with van der Waals surface area (Å²) in [6.45, 7) is 0. The number of hydrogen-bond acceptors (Lipinski definition) is 2. The minimum atomic E-state index is -1.60. The minimum Gasteiger partial charge on any atom is -0.340 e. The Hall–Kier alpha value is -1.66. The highest BCUT2D eigenvalue weighted by molar-refractivity contribution is 5.80. The van der Waals surface area contributed by atoms with Crippen LogP contribution in [-0.2, 0) is 4.79 Å². The van der Waals surface area contributed by atoms with Gasteiger partial charge in [-0.15, -0.1) is 0 Å². The van der Waals surface area contributed by atoms with Crippen molar-refractivity contribution in [2.24, 2.45) is 0 Å². The summed E-state index contributed by atoms with van der Waals surface area (Å²) in [6, 6.07) is -0.453. The maximum absolute atomic E-state index is 11.7. The third-order valence-electron chi connectivity index (χ3n) is 2.95. The molecule has 3 N–H and O–H groups in total. The molecular weight excluding hydrogens is 280 g/mol. The van der Waals surface area contributed by atoms with E-state index in [0.717, 1.165) is 51.0 Å². The summed E-state index contributed by atoms with van der Waals surface area (Å²) in [5.74, 6) is -0.210. The van der Waals surface area contributed by atoms with Crippen LogP contribution < -0.4 is 16.2 Å². The molecule has 7 heteroatoms. The number of hydrazine groups is 1. The van der Waals surface area contributed by atoms with E-state index < -0.39 is 12.1 Å². The fraction of sp³-hybridized carbons (Fsp3) is 0.714. The van der Waals surface area contributed by atoms with Crippen LogP contribution in [0.15, 0.2) is 12.2 Å². The van der Waals surface area contributed by atoms with Crippen LogP contribution in [0.3, 0.4) is 0 Å². The van der Waals surface area contributed by atoms with Gasteiger partial charge in [0.15, 0.2) is 0 Å². The second-order valence-corrected chi connectivity index (χ2v) is 4.76. The number of hydrogen-bond donors (Lipinski definition) is 3. The molecule has 122 valence electrons. The first-order chi connectivity index (χ1) is 10.1. The minimum absolute atomic E-state index is 0.210. The number of allylic oxidation sites excluding steroid dienone is 1. The van der Waals surface area contributed by atoms with Crippen LogP contribution in [0.4, 0.5) is 13.6 Å². The van der Waals surface area contributed by atoms with E-state index in [2.05, 4.69) is 16.2 Å². The number of nitrogens with one attached hydrogen (secondary N) is 3. The van der Waals surface area contributed by atoms with Crippen LogP contribution in [0, 0.1) is 0 Å². The van der Waals surface area contributed by atoms with Crippen LogP contribution in [0.1, 0.15) is 57.8 Å². The van der Waals surface area contributed by atoms with Gasteiger partial charge in [0.1, 0.15) is 0 Å². The van der Waals surface area contributed by atoms with Gasteiger partial charge in [-0.25, -0.2) is 10.2 Å². The van der Waals surface area contributed by atoms with Crippen LogP contribution >= 0.6 is 0 Å². The molecule has 0 fully saturated rings. The zero-order valence-corrected chi connectivity index (χ0v) is 12.5. The summed E-state index contributed by atoms with van der Waals surface area (Å²) < 4.78 is 23.5. The lowest BCUT2D eigenvalue weighted by Gasteiger charge is -2.06. The molecule has 21 heavy (non-hydrogen) atoms. The Labute approximate surface area is 124 Å². The van der Waals surface area contributed by atoms with Crippen molar-refractivity contribution in [1.82, 2.24) is 16.2 Å². The van der Waals surface area contributed by atoms with E-state index in [1.54, 1.807) is 0 Å². The van der Waals surface area contributed by atoms with Gasteiger partial charge in [-0.2, -0.15) is 8.78 Å². The van der Waals surface area contributed by atoms with Crippen LogP contribution in [0.5, 0.6) is 0 Å². The van der Waals surface area contributed by atoms with Crippen molar-refractivity contribution in [3.8, 4) is 0 Å². The molecule has 0 aliphatic rings. The molecule has 0 aliphatic heterocycles. The zero-order valence-electron chi connectivity index (χ0n) is 12.5. The van der Waals surface area contributed by atoms with Crippen LogP contribution in [-0.4, -0.2) is 19.0 Å². The average molecular weight is 305 g/mol. The largest absolute Gasteiger partial charge is 0.340 e. The molecule has 3 amide bonds. The second kappa shape index (κ2) is 13.3. The predicted octanol–water partition coefficient (Wildman–Crippen LogP) is 3.24. The molecule has 0 unspecified atom stereocenters. The van der Waals surface area contributed by atoms with E-state index in [9.17, 15) is 18.4 Å². The quantitative estimate of drug-likeness (QED) is 0.428. The Morgan fingerprint density at radius 2 is 1.48 bits per heavy atom. The van der Waals surface area contributed by atoms with Crippen molar-refractivity contribution in [3.63, 3.8) is 0 Å². The van der Waals surface area contributed by atoms with Gasteiger partial charge >= 0.3 is 6.03 Å². The van der Waals surface area contributed by atoms with Crippen molar-refractivity contribution in [2.45, 2.75) is 57.8 Å². The van der Waals surface area contributed by atoms with Crippen molar-refractivity contribution in [1.29, 1.82) is 0 Å². The molecule has 5 nitrogen and oxygen atoms in total. The molecule has 0 aromatic rings. The number of rotatable bonds is 10. The Morgan fingerprint density at radius 3 is 2.05 bits per heavy atom. The number of amides is 3. The molecule has 0 atom stereocenters. The third-order valence-corrected chi connectivity index (χ3v) is 2.95. The van der Waals surface area contributed by atoms with Crippen LogP contribution in [0.2, 0.25) is 0 Å². The van der Waals surface area contributed by atoms with E-state index >= 15 is 0 Å². The summed E-state index contributed by atoms with van der Waals surface area (Å²) in [7, 11) is 1.46. The zero-order chi connectivity index (χ0) is 15.9. The highest BCUT2D eigenvalue weighted by Gasteiger charge is 2.02. The lowest BCUT2D eigenvalue weighted by atomic mass is 10.1. The van der Waals surface area contributed by atoms with Crippen molar-refractivity contribution in [3.05, 3.63) is 12.2 Å². The van der Waals surface area contributed by atoms with Gasteiger partial charge in [0.2, 0.25) is 5.91 Å². The predicted molar refractivity (Wildman–Crippen MR) is 77.6 cm³/mol. The van der Waals surface area contributed by atoms with Gasteiger partial charge in [0.25, 0.3) is 6.08 Å². The monoisotopic (exact) mass is 305 g/mol. The van der Waals surface area contributed by atoms with Gasteiger partial charge in [-0.1, -0.05) is 32.1 Å². The maximum Gasteiger partial charge on any atom is 0.333 e. The summed E-state index contributed by atoms with van der Waals surface area (Å²) in [5, 5.41) is 2.32. The van der Waals surface area contributed by atoms with Crippen molar-refractivity contribution < 1.29 is 18.4 Å². The molecule has 0 saturated heterocycles. The first kappa shape index (κ1) is 19.3. The lowest BCUT2D eigenvalue weighted by molar-refractivity contribution is -0.121. The van der Waals surface area contributed by atoms with E-state index in [1.165, 1.54) is 7.05 Å². The van der Waals surface area contributed by atoms with Gasteiger partial charge in [-0.05, 0) is 25.3 Å². The summed E-state index contributed by atoms with van der Waals surface area (Å²) >= 11 is 0. The standard InChI is InChI=1S/C14H25F2N3O2/c1-17-14(21)19-18-13(20)11-9-7-5-3-2-4-6-8-10-12(15)16/h10H,2-9,11H2,1H3,(H,18,20)(H2,17,19,21). The summed E-state index contributed by atoms with van der Waals surface area (Å²) in [4.78, 5) is 22.1. The summed E-state index contributed by atoms with van der Waals surface area (Å²) in [6.07, 6.45) is 6.79. The molecular formula is C14H25F2N3O2. The number of unbranched alkanes of at least 4 members (excludes halogenated alkanes) is 7. The number of halogens is 2. The molecule has 0 rings (SSSR count). The van der Waals surface area contributed by atoms with Gasteiger partial charge < -0.3 is 5.32 Å². The highest BCUT2D eigenvalue weighted by Crippen LogP contribution is 2.11. The average Bonchev–Trinajstić information content (AvgIpc) is 2.46. The molecule has 0 aliphatic carbocycles. The molecule has 0 saturated carbocycles. The van der Waals surface area contributed by atoms with E-state index in [4.69, 9.17) is 0 Å². The van der Waals surface area contributed by atoms with Crippen molar-refractivity contribution in [2.75, 3.05) is 7.05 Å². The van der Waals surface area contributed by atoms with E-state index in [0.29, 0.717) is 12.8 Å². The van der Waals surface area contributed by atoms with Gasteiger partial charge in [0.05, 0.1) is 0 Å². The molecule has 0 radical (unpaired) electrons. The Bertz CT molecular complexity index is 332. The number of carbonyl (C=O) groups is 2. The smallest absolute Gasteiger partial charge is 0.333 e.